The summed E-state index contributed by atoms with van der Waals surface area (Å²) >= 11 is 0. The Morgan fingerprint density at radius 1 is 0.944 bits per heavy atom. The number of para-hydroxylation sites is 1. The summed E-state index contributed by atoms with van der Waals surface area (Å²) in [6.07, 6.45) is 0. The molecule has 0 aliphatic carbocycles. The number of nitroso groups, excluding NO2 is 1. The predicted octanol–water partition coefficient (Wildman–Crippen LogP) is 4.05. The van der Waals surface area contributed by atoms with E-state index < -0.39 is 0 Å². The smallest absolute Gasteiger partial charge is 0.114 e. The van der Waals surface area contributed by atoms with Crippen molar-refractivity contribution in [2.45, 2.75) is 20.8 Å². The maximum absolute atomic E-state index is 12.0. The first-order chi connectivity index (χ1) is 8.58. The number of anilines is 1. The Morgan fingerprint density at radius 2 is 1.50 bits per heavy atom. The molecule has 0 saturated heterocycles. The average molecular weight is 241 g/mol. The summed E-state index contributed by atoms with van der Waals surface area (Å²) in [5, 5.41) is 0. The standard InChI is InChI=1S/C15H17N2O/c1-11-9-12(2)15(13(3)10-11)16-17(18)14-7-5-4-6-8-14/h4-10H,1-3H3,(H,16,18)/q+1. The Balaban J connectivity index is 2.28. The minimum atomic E-state index is 0.594. The minimum absolute atomic E-state index is 0.594. The van der Waals surface area contributed by atoms with Gasteiger partial charge in [-0.25, -0.2) is 0 Å². The van der Waals surface area contributed by atoms with Crippen LogP contribution in [0.5, 0.6) is 0 Å². The molecule has 0 aliphatic heterocycles. The number of aryl methyl sites for hydroxylation is 3. The van der Waals surface area contributed by atoms with E-state index in [0.717, 1.165) is 21.7 Å². The summed E-state index contributed by atoms with van der Waals surface area (Å²) in [4.78, 5) is 12.8. The van der Waals surface area contributed by atoms with Crippen LogP contribution >= 0.6 is 0 Å². The molecular formula is C15H17N2O+. The molecule has 0 heterocycles. The van der Waals surface area contributed by atoms with Gasteiger partial charge in [-0.3, -0.25) is 0 Å². The molecule has 0 radical (unpaired) electrons. The number of nitrogens with zero attached hydrogens (tertiary/aromatic N) is 1. The van der Waals surface area contributed by atoms with Crippen molar-refractivity contribution in [1.82, 2.24) is 0 Å². The van der Waals surface area contributed by atoms with Gasteiger partial charge in [0.2, 0.25) is 0 Å². The Kier molecular flexibility index (Phi) is 3.42. The first kappa shape index (κ1) is 12.3. The summed E-state index contributed by atoms with van der Waals surface area (Å²) in [5.74, 6) is 0. The summed E-state index contributed by atoms with van der Waals surface area (Å²) in [6, 6.07) is 13.3. The quantitative estimate of drug-likeness (QED) is 0.649. The largest absolute Gasteiger partial charge is 0.292 e. The summed E-state index contributed by atoms with van der Waals surface area (Å²) in [6.45, 7) is 6.05. The normalized spacial score (nSPS) is 10.2. The second-order valence-electron chi connectivity index (χ2n) is 4.52. The van der Waals surface area contributed by atoms with Crippen LogP contribution in [-0.4, -0.2) is 4.87 Å². The van der Waals surface area contributed by atoms with Crippen molar-refractivity contribution in [3.8, 4) is 0 Å². The van der Waals surface area contributed by atoms with Crippen molar-refractivity contribution < 1.29 is 4.87 Å². The summed E-state index contributed by atoms with van der Waals surface area (Å²) in [7, 11) is 0. The van der Waals surface area contributed by atoms with Crippen LogP contribution in [0.2, 0.25) is 0 Å². The highest BCUT2D eigenvalue weighted by Gasteiger charge is 2.16. The number of hydrogen-bond donors (Lipinski definition) is 1. The van der Waals surface area contributed by atoms with E-state index in [-0.39, 0.29) is 0 Å². The molecule has 18 heavy (non-hydrogen) atoms. The van der Waals surface area contributed by atoms with Crippen LogP contribution in [0.3, 0.4) is 0 Å². The molecule has 2 aromatic rings. The summed E-state index contributed by atoms with van der Waals surface area (Å²) in [5.41, 5.74) is 7.72. The van der Waals surface area contributed by atoms with E-state index in [1.54, 1.807) is 12.1 Å². The van der Waals surface area contributed by atoms with Crippen LogP contribution in [0.15, 0.2) is 42.5 Å². The molecule has 3 nitrogen and oxygen atoms in total. The Hall–Kier alpha value is -2.16. The van der Waals surface area contributed by atoms with Gasteiger partial charge in [0, 0.05) is 12.1 Å². The van der Waals surface area contributed by atoms with Gasteiger partial charge in [0.05, 0.1) is 4.91 Å². The lowest BCUT2D eigenvalue weighted by molar-refractivity contribution is -0.427. The predicted molar refractivity (Wildman–Crippen MR) is 74.0 cm³/mol. The van der Waals surface area contributed by atoms with Crippen LogP contribution < -0.4 is 5.43 Å². The van der Waals surface area contributed by atoms with Crippen molar-refractivity contribution in [2.24, 2.45) is 0 Å². The Labute approximate surface area is 107 Å². The highest BCUT2D eigenvalue weighted by Crippen LogP contribution is 2.23. The van der Waals surface area contributed by atoms with Gasteiger partial charge in [-0.1, -0.05) is 35.9 Å². The van der Waals surface area contributed by atoms with Gasteiger partial charge in [-0.15, -0.1) is 5.43 Å². The van der Waals surface area contributed by atoms with Gasteiger partial charge >= 0.3 is 0 Å². The number of hydrazine groups is 1. The molecule has 0 bridgehead atoms. The third-order valence-corrected chi connectivity index (χ3v) is 2.88. The van der Waals surface area contributed by atoms with Gasteiger partial charge in [-0.05, 0) is 31.9 Å². The Bertz CT molecular complexity index is 553. The molecule has 92 valence electrons. The molecule has 2 rings (SSSR count). The van der Waals surface area contributed by atoms with Gasteiger partial charge in [0.25, 0.3) is 5.69 Å². The van der Waals surface area contributed by atoms with E-state index in [9.17, 15) is 4.91 Å². The van der Waals surface area contributed by atoms with E-state index in [1.807, 2.05) is 32.0 Å². The zero-order chi connectivity index (χ0) is 13.1. The third-order valence-electron chi connectivity index (χ3n) is 2.88. The molecule has 0 atom stereocenters. The van der Waals surface area contributed by atoms with Crippen LogP contribution in [0.25, 0.3) is 0 Å². The minimum Gasteiger partial charge on any atom is -0.114 e. The number of rotatable bonds is 3. The number of benzene rings is 2. The Morgan fingerprint density at radius 3 is 2.06 bits per heavy atom. The van der Waals surface area contributed by atoms with Crippen LogP contribution in [0, 0.1) is 25.7 Å². The molecule has 0 fully saturated rings. The van der Waals surface area contributed by atoms with Crippen molar-refractivity contribution in [1.29, 1.82) is 0 Å². The number of hydrogen-bond acceptors (Lipinski definition) is 1. The summed E-state index contributed by atoms with van der Waals surface area (Å²) < 4.78 is 0. The lowest BCUT2D eigenvalue weighted by Crippen LogP contribution is -2.12. The van der Waals surface area contributed by atoms with E-state index in [1.165, 1.54) is 5.56 Å². The second kappa shape index (κ2) is 5.00. The maximum Gasteiger partial charge on any atom is 0.292 e. The lowest BCUT2D eigenvalue weighted by atomic mass is 10.1. The fourth-order valence-electron chi connectivity index (χ4n) is 2.09. The van der Waals surface area contributed by atoms with E-state index in [4.69, 9.17) is 0 Å². The number of nitrogens with one attached hydrogen (secondary N) is 1. The monoisotopic (exact) mass is 241 g/mol. The van der Waals surface area contributed by atoms with Crippen molar-refractivity contribution in [2.75, 3.05) is 5.43 Å². The first-order valence-corrected chi connectivity index (χ1v) is 5.95. The van der Waals surface area contributed by atoms with Crippen LogP contribution in [0.1, 0.15) is 16.7 Å². The van der Waals surface area contributed by atoms with Gasteiger partial charge in [0.1, 0.15) is 5.69 Å². The topological polar surface area (TPSA) is 32.1 Å². The zero-order valence-electron chi connectivity index (χ0n) is 10.9. The van der Waals surface area contributed by atoms with Crippen molar-refractivity contribution >= 4 is 11.4 Å². The van der Waals surface area contributed by atoms with Gasteiger partial charge in [-0.2, -0.15) is 0 Å². The fourth-order valence-corrected chi connectivity index (χ4v) is 2.09. The zero-order valence-corrected chi connectivity index (χ0v) is 10.9. The maximum atomic E-state index is 12.0. The van der Waals surface area contributed by atoms with Crippen molar-refractivity contribution in [3.05, 3.63) is 64.1 Å². The molecule has 0 spiro atoms. The molecule has 2 aromatic carbocycles. The third kappa shape index (κ3) is 2.56. The second-order valence-corrected chi connectivity index (χ2v) is 4.52. The van der Waals surface area contributed by atoms with Gasteiger partial charge in [0.15, 0.2) is 4.87 Å². The molecule has 1 N–H and O–H groups in total. The molecular weight excluding hydrogens is 224 g/mol. The first-order valence-electron chi connectivity index (χ1n) is 5.95. The lowest BCUT2D eigenvalue weighted by Gasteiger charge is -2.07. The van der Waals surface area contributed by atoms with Crippen LogP contribution in [0.4, 0.5) is 11.4 Å². The van der Waals surface area contributed by atoms with Crippen molar-refractivity contribution in [3.63, 3.8) is 0 Å². The highest BCUT2D eigenvalue weighted by molar-refractivity contribution is 5.57. The van der Waals surface area contributed by atoms with E-state index in [2.05, 4.69) is 24.5 Å². The van der Waals surface area contributed by atoms with Gasteiger partial charge < -0.3 is 0 Å². The fraction of sp³-hybridized carbons (Fsp3) is 0.200. The van der Waals surface area contributed by atoms with E-state index in [0.29, 0.717) is 5.69 Å². The molecule has 0 aliphatic rings. The van der Waals surface area contributed by atoms with Crippen LogP contribution in [-0.2, 0) is 0 Å². The molecule has 0 aromatic heterocycles. The van der Waals surface area contributed by atoms with E-state index >= 15 is 0 Å². The highest BCUT2D eigenvalue weighted by atomic mass is 16.3. The molecule has 0 amide bonds. The average Bonchev–Trinajstić information content (AvgIpc) is 2.34. The SMILES string of the molecule is Cc1cc(C)c(N[N+](=O)c2ccccc2)c(C)c1. The molecule has 3 heteroatoms. The molecule has 0 unspecified atom stereocenters. The molecule has 0 saturated carbocycles.